The number of amides is 2. The van der Waals surface area contributed by atoms with Gasteiger partial charge < -0.3 is 10.2 Å². The van der Waals surface area contributed by atoms with E-state index >= 15 is 0 Å². The second-order valence-corrected chi connectivity index (χ2v) is 7.47. The predicted molar refractivity (Wildman–Crippen MR) is 116 cm³/mol. The Kier molecular flexibility index (Phi) is 5.34. The monoisotopic (exact) mass is 386 g/mol. The van der Waals surface area contributed by atoms with Crippen LogP contribution in [0, 0.1) is 0 Å². The first-order chi connectivity index (χ1) is 14.1. The smallest absolute Gasteiger partial charge is 0.253 e. The minimum atomic E-state index is -0.0658. The summed E-state index contributed by atoms with van der Waals surface area (Å²) in [6.45, 7) is 5.78. The summed E-state index contributed by atoms with van der Waals surface area (Å²) in [7, 11) is 0. The van der Waals surface area contributed by atoms with E-state index in [-0.39, 0.29) is 11.8 Å². The quantitative estimate of drug-likeness (QED) is 0.685. The number of benzene rings is 3. The lowest BCUT2D eigenvalue weighted by molar-refractivity contribution is 0.0772. The molecule has 0 saturated heterocycles. The zero-order chi connectivity index (χ0) is 20.4. The van der Waals surface area contributed by atoms with Crippen molar-refractivity contribution in [2.75, 3.05) is 13.1 Å². The molecule has 0 atom stereocenters. The standard InChI is InChI=1S/C25H26N2O2/c1-3-27(4-2)25(29)20-10-8-17(9-11-20)16-26-24(28)22-15-14-19-13-12-18-6-5-7-21(22)23(18)19/h5-11,14-15H,3-4,12-13,16H2,1-2H3,(H,26,28). The fourth-order valence-corrected chi connectivity index (χ4v) is 4.18. The van der Waals surface area contributed by atoms with E-state index in [4.69, 9.17) is 0 Å². The van der Waals surface area contributed by atoms with Crippen molar-refractivity contribution in [1.29, 1.82) is 0 Å². The van der Waals surface area contributed by atoms with Crippen LogP contribution in [0.2, 0.25) is 0 Å². The molecule has 29 heavy (non-hydrogen) atoms. The Bertz CT molecular complexity index is 1060. The zero-order valence-corrected chi connectivity index (χ0v) is 17.0. The van der Waals surface area contributed by atoms with Gasteiger partial charge in [0.25, 0.3) is 11.8 Å². The Balaban J connectivity index is 1.47. The number of rotatable bonds is 6. The minimum absolute atomic E-state index is 0.0403. The van der Waals surface area contributed by atoms with Gasteiger partial charge in [0.05, 0.1) is 0 Å². The number of aryl methyl sites for hydroxylation is 2. The molecule has 3 aromatic rings. The fourth-order valence-electron chi connectivity index (χ4n) is 4.18. The number of carbonyl (C=O) groups is 2. The number of carbonyl (C=O) groups excluding carboxylic acids is 2. The van der Waals surface area contributed by atoms with Gasteiger partial charge >= 0.3 is 0 Å². The molecule has 0 aromatic heterocycles. The summed E-state index contributed by atoms with van der Waals surface area (Å²) >= 11 is 0. The molecular weight excluding hydrogens is 360 g/mol. The van der Waals surface area contributed by atoms with Crippen LogP contribution in [-0.2, 0) is 19.4 Å². The highest BCUT2D eigenvalue weighted by Crippen LogP contribution is 2.32. The molecule has 0 aliphatic heterocycles. The molecule has 4 nitrogen and oxygen atoms in total. The lowest BCUT2D eigenvalue weighted by atomic mass is 9.99. The van der Waals surface area contributed by atoms with Crippen LogP contribution in [0.15, 0.2) is 54.6 Å². The van der Waals surface area contributed by atoms with Gasteiger partial charge in [-0.25, -0.2) is 0 Å². The van der Waals surface area contributed by atoms with Gasteiger partial charge in [-0.2, -0.15) is 0 Å². The molecule has 0 heterocycles. The summed E-state index contributed by atoms with van der Waals surface area (Å²) in [6, 6.07) is 17.7. The molecule has 1 N–H and O–H groups in total. The van der Waals surface area contributed by atoms with E-state index in [0.717, 1.165) is 29.4 Å². The average molecular weight is 386 g/mol. The molecule has 0 radical (unpaired) electrons. The zero-order valence-electron chi connectivity index (χ0n) is 17.0. The van der Waals surface area contributed by atoms with Gasteiger partial charge in [-0.1, -0.05) is 36.4 Å². The van der Waals surface area contributed by atoms with Crippen molar-refractivity contribution < 1.29 is 9.59 Å². The SMILES string of the molecule is CCN(CC)C(=O)c1ccc(CNC(=O)c2ccc3c4c(cccc24)CC3)cc1. The highest BCUT2D eigenvalue weighted by Gasteiger charge is 2.18. The third-order valence-electron chi connectivity index (χ3n) is 5.83. The molecule has 0 fully saturated rings. The van der Waals surface area contributed by atoms with Gasteiger partial charge in [-0.15, -0.1) is 0 Å². The predicted octanol–water partition coefficient (Wildman–Crippen LogP) is 4.35. The number of nitrogens with one attached hydrogen (secondary N) is 1. The molecule has 2 amide bonds. The molecule has 0 spiro atoms. The van der Waals surface area contributed by atoms with Gasteiger partial charge in [0.1, 0.15) is 0 Å². The first-order valence-electron chi connectivity index (χ1n) is 10.3. The molecule has 0 saturated carbocycles. The Hall–Kier alpha value is -3.14. The van der Waals surface area contributed by atoms with Gasteiger partial charge in [-0.05, 0) is 72.4 Å². The van der Waals surface area contributed by atoms with Crippen LogP contribution in [0.1, 0.15) is 51.3 Å². The fraction of sp³-hybridized carbons (Fsp3) is 0.280. The van der Waals surface area contributed by atoms with Gasteiger partial charge in [-0.3, -0.25) is 9.59 Å². The summed E-state index contributed by atoms with van der Waals surface area (Å²) in [4.78, 5) is 27.1. The largest absolute Gasteiger partial charge is 0.348 e. The molecule has 1 aliphatic carbocycles. The topological polar surface area (TPSA) is 49.4 Å². The molecule has 4 heteroatoms. The van der Waals surface area contributed by atoms with Crippen LogP contribution >= 0.6 is 0 Å². The Morgan fingerprint density at radius 2 is 1.59 bits per heavy atom. The van der Waals surface area contributed by atoms with Gasteiger partial charge in [0.2, 0.25) is 0 Å². The Morgan fingerprint density at radius 1 is 0.897 bits per heavy atom. The molecule has 1 aliphatic rings. The summed E-state index contributed by atoms with van der Waals surface area (Å²) in [5.41, 5.74) is 5.04. The number of hydrogen-bond acceptors (Lipinski definition) is 2. The van der Waals surface area contributed by atoms with Crippen molar-refractivity contribution >= 4 is 22.6 Å². The Labute approximate surface area is 171 Å². The summed E-state index contributed by atoms with van der Waals surface area (Å²) in [6.07, 6.45) is 2.10. The van der Waals surface area contributed by atoms with E-state index in [1.54, 1.807) is 4.90 Å². The van der Waals surface area contributed by atoms with Crippen molar-refractivity contribution in [3.63, 3.8) is 0 Å². The summed E-state index contributed by atoms with van der Waals surface area (Å²) < 4.78 is 0. The van der Waals surface area contributed by atoms with Crippen LogP contribution < -0.4 is 5.32 Å². The van der Waals surface area contributed by atoms with Crippen molar-refractivity contribution in [3.05, 3.63) is 82.4 Å². The minimum Gasteiger partial charge on any atom is -0.348 e. The van der Waals surface area contributed by atoms with E-state index in [1.165, 1.54) is 16.5 Å². The first kappa shape index (κ1) is 19.2. The highest BCUT2D eigenvalue weighted by molar-refractivity contribution is 6.09. The molecule has 0 bridgehead atoms. The van der Waals surface area contributed by atoms with Crippen LogP contribution in [0.25, 0.3) is 10.8 Å². The van der Waals surface area contributed by atoms with E-state index in [9.17, 15) is 9.59 Å². The normalized spacial score (nSPS) is 12.2. The van der Waals surface area contributed by atoms with E-state index in [0.29, 0.717) is 25.2 Å². The maximum atomic E-state index is 12.8. The van der Waals surface area contributed by atoms with Crippen molar-refractivity contribution in [1.82, 2.24) is 10.2 Å². The van der Waals surface area contributed by atoms with E-state index in [2.05, 4.69) is 17.4 Å². The van der Waals surface area contributed by atoms with Crippen LogP contribution in [0.4, 0.5) is 0 Å². The molecular formula is C25H26N2O2. The first-order valence-corrected chi connectivity index (χ1v) is 10.3. The van der Waals surface area contributed by atoms with Crippen LogP contribution in [-0.4, -0.2) is 29.8 Å². The summed E-state index contributed by atoms with van der Waals surface area (Å²) in [5, 5.41) is 5.31. The van der Waals surface area contributed by atoms with E-state index < -0.39 is 0 Å². The third-order valence-corrected chi connectivity index (χ3v) is 5.83. The molecule has 3 aromatic carbocycles. The second-order valence-electron chi connectivity index (χ2n) is 7.47. The van der Waals surface area contributed by atoms with Crippen molar-refractivity contribution in [2.45, 2.75) is 33.2 Å². The molecule has 0 unspecified atom stereocenters. The second kappa shape index (κ2) is 8.08. The Morgan fingerprint density at radius 3 is 2.28 bits per heavy atom. The third kappa shape index (κ3) is 3.63. The number of nitrogens with zero attached hydrogens (tertiary/aromatic N) is 1. The summed E-state index contributed by atoms with van der Waals surface area (Å²) in [5.74, 6) is -0.0256. The maximum Gasteiger partial charge on any atom is 0.253 e. The average Bonchev–Trinajstić information content (AvgIpc) is 3.18. The van der Waals surface area contributed by atoms with Crippen LogP contribution in [0.5, 0.6) is 0 Å². The van der Waals surface area contributed by atoms with E-state index in [1.807, 2.05) is 56.3 Å². The lowest BCUT2D eigenvalue weighted by Gasteiger charge is -2.18. The highest BCUT2D eigenvalue weighted by atomic mass is 16.2. The lowest BCUT2D eigenvalue weighted by Crippen LogP contribution is -2.30. The van der Waals surface area contributed by atoms with Gasteiger partial charge in [0.15, 0.2) is 0 Å². The number of hydrogen-bond donors (Lipinski definition) is 1. The van der Waals surface area contributed by atoms with Crippen molar-refractivity contribution in [3.8, 4) is 0 Å². The van der Waals surface area contributed by atoms with Gasteiger partial charge in [0, 0.05) is 30.8 Å². The van der Waals surface area contributed by atoms with Crippen molar-refractivity contribution in [2.24, 2.45) is 0 Å². The molecule has 4 rings (SSSR count). The maximum absolute atomic E-state index is 12.8. The van der Waals surface area contributed by atoms with Crippen LogP contribution in [0.3, 0.4) is 0 Å². The molecule has 148 valence electrons.